The van der Waals surface area contributed by atoms with Crippen LogP contribution in [0.2, 0.25) is 0 Å². The van der Waals surface area contributed by atoms with E-state index in [0.717, 1.165) is 27.8 Å². The summed E-state index contributed by atoms with van der Waals surface area (Å²) in [5.74, 6) is 0.535. The summed E-state index contributed by atoms with van der Waals surface area (Å²) in [5, 5.41) is 7.62. The third kappa shape index (κ3) is 3.35. The van der Waals surface area contributed by atoms with Gasteiger partial charge in [0.15, 0.2) is 5.13 Å². The second-order valence-corrected chi connectivity index (χ2v) is 6.34. The van der Waals surface area contributed by atoms with E-state index in [4.69, 9.17) is 4.74 Å². The molecule has 2 aromatic carbocycles. The first-order chi connectivity index (χ1) is 11.1. The lowest BCUT2D eigenvalue weighted by molar-refractivity contribution is -0.117. The minimum atomic E-state index is -0.245. The first kappa shape index (κ1) is 15.5. The molecular weight excluding hydrogens is 308 g/mol. The van der Waals surface area contributed by atoms with Crippen molar-refractivity contribution in [2.24, 2.45) is 0 Å². The summed E-state index contributed by atoms with van der Waals surface area (Å²) in [4.78, 5) is 16.7. The van der Waals surface area contributed by atoms with Gasteiger partial charge in [-0.15, -0.1) is 11.3 Å². The molecule has 0 spiro atoms. The molecule has 1 amide bonds. The molecule has 0 aliphatic rings. The summed E-state index contributed by atoms with van der Waals surface area (Å²) < 4.78 is 5.24. The maximum atomic E-state index is 12.4. The Hall–Kier alpha value is -2.40. The number of anilines is 1. The largest absolute Gasteiger partial charge is 0.497 e. The molecule has 1 atom stereocenters. The molecule has 0 radical (unpaired) electrons. The molecule has 118 valence electrons. The van der Waals surface area contributed by atoms with Crippen molar-refractivity contribution in [1.29, 1.82) is 0 Å². The van der Waals surface area contributed by atoms with Crippen molar-refractivity contribution in [3.63, 3.8) is 0 Å². The zero-order valence-electron chi connectivity index (χ0n) is 13.3. The molecule has 0 saturated heterocycles. The molecule has 0 bridgehead atoms. The van der Waals surface area contributed by atoms with E-state index in [1.54, 1.807) is 7.11 Å². The number of carbonyl (C=O) groups excluding carboxylic acids is 1. The molecule has 3 aromatic rings. The van der Waals surface area contributed by atoms with Gasteiger partial charge in [0.05, 0.1) is 18.7 Å². The molecule has 0 saturated carbocycles. The molecule has 4 nitrogen and oxygen atoms in total. The number of hydrogen-bond donors (Lipinski definition) is 1. The van der Waals surface area contributed by atoms with Crippen molar-refractivity contribution in [2.45, 2.75) is 19.8 Å². The Labute approximate surface area is 139 Å². The molecule has 3 rings (SSSR count). The Bertz CT molecular complexity index is 857. The molecule has 1 heterocycles. The fraction of sp³-hybridized carbons (Fsp3) is 0.222. The first-order valence-corrected chi connectivity index (χ1v) is 8.25. The van der Waals surface area contributed by atoms with E-state index < -0.39 is 0 Å². The SMILES string of the molecule is COc1ccc2cc([C@@H](C)C(=O)Nc3nc(C)cs3)ccc2c1. The van der Waals surface area contributed by atoms with Crippen LogP contribution in [0, 0.1) is 6.92 Å². The summed E-state index contributed by atoms with van der Waals surface area (Å²) in [6.07, 6.45) is 0. The monoisotopic (exact) mass is 326 g/mol. The molecule has 0 aliphatic heterocycles. The maximum Gasteiger partial charge on any atom is 0.233 e. The van der Waals surface area contributed by atoms with Crippen LogP contribution in [0.15, 0.2) is 41.8 Å². The summed E-state index contributed by atoms with van der Waals surface area (Å²) in [6.45, 7) is 3.81. The van der Waals surface area contributed by atoms with Crippen LogP contribution >= 0.6 is 11.3 Å². The normalized spacial score (nSPS) is 12.1. The van der Waals surface area contributed by atoms with Gasteiger partial charge in [-0.25, -0.2) is 4.98 Å². The van der Waals surface area contributed by atoms with Gasteiger partial charge in [-0.2, -0.15) is 0 Å². The van der Waals surface area contributed by atoms with Gasteiger partial charge in [0.1, 0.15) is 5.75 Å². The van der Waals surface area contributed by atoms with Gasteiger partial charge < -0.3 is 10.1 Å². The van der Waals surface area contributed by atoms with Gasteiger partial charge in [-0.1, -0.05) is 24.3 Å². The number of nitrogens with one attached hydrogen (secondary N) is 1. The number of fused-ring (bicyclic) bond motifs is 1. The van der Waals surface area contributed by atoms with Gasteiger partial charge in [-0.05, 0) is 42.3 Å². The number of aromatic nitrogens is 1. The van der Waals surface area contributed by atoms with Crippen molar-refractivity contribution in [1.82, 2.24) is 4.98 Å². The second-order valence-electron chi connectivity index (χ2n) is 5.48. The number of thiazole rings is 1. The van der Waals surface area contributed by atoms with E-state index in [1.807, 2.05) is 55.6 Å². The number of benzene rings is 2. The molecule has 1 aromatic heterocycles. The predicted octanol–water partition coefficient (Wildman–Crippen LogP) is 4.36. The fourth-order valence-corrected chi connectivity index (χ4v) is 3.11. The van der Waals surface area contributed by atoms with Crippen LogP contribution in [0.4, 0.5) is 5.13 Å². The summed E-state index contributed by atoms with van der Waals surface area (Å²) in [6, 6.07) is 12.0. The Morgan fingerprint density at radius 2 is 1.96 bits per heavy atom. The van der Waals surface area contributed by atoms with E-state index in [9.17, 15) is 4.79 Å². The summed E-state index contributed by atoms with van der Waals surface area (Å²) >= 11 is 1.44. The van der Waals surface area contributed by atoms with E-state index >= 15 is 0 Å². The van der Waals surface area contributed by atoms with Crippen molar-refractivity contribution >= 4 is 33.1 Å². The number of methoxy groups -OCH3 is 1. The van der Waals surface area contributed by atoms with E-state index in [1.165, 1.54) is 11.3 Å². The summed E-state index contributed by atoms with van der Waals surface area (Å²) in [7, 11) is 1.66. The second kappa shape index (κ2) is 6.38. The first-order valence-electron chi connectivity index (χ1n) is 7.37. The molecule has 1 N–H and O–H groups in total. The maximum absolute atomic E-state index is 12.4. The van der Waals surface area contributed by atoms with Gasteiger partial charge in [-0.3, -0.25) is 4.79 Å². The van der Waals surface area contributed by atoms with Crippen LogP contribution < -0.4 is 10.1 Å². The minimum Gasteiger partial charge on any atom is -0.497 e. The highest BCUT2D eigenvalue weighted by molar-refractivity contribution is 7.13. The van der Waals surface area contributed by atoms with Crippen molar-refractivity contribution in [3.8, 4) is 5.75 Å². The number of ether oxygens (including phenoxy) is 1. The van der Waals surface area contributed by atoms with Crippen LogP contribution in [-0.2, 0) is 4.79 Å². The number of hydrogen-bond acceptors (Lipinski definition) is 4. The van der Waals surface area contributed by atoms with Crippen LogP contribution in [0.25, 0.3) is 10.8 Å². The van der Waals surface area contributed by atoms with Crippen LogP contribution in [0.3, 0.4) is 0 Å². The quantitative estimate of drug-likeness (QED) is 0.775. The van der Waals surface area contributed by atoms with E-state index in [2.05, 4.69) is 10.3 Å². The number of carbonyl (C=O) groups is 1. The van der Waals surface area contributed by atoms with E-state index in [-0.39, 0.29) is 11.8 Å². The summed E-state index contributed by atoms with van der Waals surface area (Å²) in [5.41, 5.74) is 1.89. The van der Waals surface area contributed by atoms with Gasteiger partial charge in [0, 0.05) is 5.38 Å². The van der Waals surface area contributed by atoms with Crippen molar-refractivity contribution < 1.29 is 9.53 Å². The molecule has 23 heavy (non-hydrogen) atoms. The number of rotatable bonds is 4. The fourth-order valence-electron chi connectivity index (χ4n) is 2.42. The van der Waals surface area contributed by atoms with Crippen molar-refractivity contribution in [3.05, 3.63) is 53.0 Å². The standard InChI is InChI=1S/C18H18N2O2S/c1-11-10-23-18(19-11)20-17(21)12(2)13-4-5-15-9-16(22-3)7-6-14(15)8-13/h4-10,12H,1-3H3,(H,19,20,21)/t12-/m1/s1. The number of aryl methyl sites for hydroxylation is 1. The Morgan fingerprint density at radius 1 is 1.22 bits per heavy atom. The molecule has 0 unspecified atom stereocenters. The Morgan fingerprint density at radius 3 is 2.65 bits per heavy atom. The highest BCUT2D eigenvalue weighted by Gasteiger charge is 2.17. The Balaban J connectivity index is 1.82. The minimum absolute atomic E-state index is 0.0489. The zero-order valence-corrected chi connectivity index (χ0v) is 14.1. The smallest absolute Gasteiger partial charge is 0.233 e. The number of amides is 1. The van der Waals surface area contributed by atoms with Crippen LogP contribution in [0.5, 0.6) is 5.75 Å². The third-order valence-electron chi connectivity index (χ3n) is 3.81. The number of nitrogens with zero attached hydrogens (tertiary/aromatic N) is 1. The average Bonchev–Trinajstić information content (AvgIpc) is 2.97. The predicted molar refractivity (Wildman–Crippen MR) is 94.4 cm³/mol. The lowest BCUT2D eigenvalue weighted by Gasteiger charge is -2.12. The van der Waals surface area contributed by atoms with Gasteiger partial charge in [0.2, 0.25) is 5.91 Å². The molecule has 5 heteroatoms. The molecule has 0 fully saturated rings. The third-order valence-corrected chi connectivity index (χ3v) is 4.69. The molecular formula is C18H18N2O2S. The Kier molecular flexibility index (Phi) is 4.30. The van der Waals surface area contributed by atoms with Gasteiger partial charge >= 0.3 is 0 Å². The van der Waals surface area contributed by atoms with E-state index in [0.29, 0.717) is 5.13 Å². The van der Waals surface area contributed by atoms with Crippen molar-refractivity contribution in [2.75, 3.05) is 12.4 Å². The average molecular weight is 326 g/mol. The topological polar surface area (TPSA) is 51.2 Å². The lowest BCUT2D eigenvalue weighted by Crippen LogP contribution is -2.18. The van der Waals surface area contributed by atoms with Crippen LogP contribution in [-0.4, -0.2) is 18.0 Å². The zero-order chi connectivity index (χ0) is 16.4. The van der Waals surface area contributed by atoms with Crippen LogP contribution in [0.1, 0.15) is 24.1 Å². The highest BCUT2D eigenvalue weighted by atomic mass is 32.1. The highest BCUT2D eigenvalue weighted by Crippen LogP contribution is 2.26. The lowest BCUT2D eigenvalue weighted by atomic mass is 9.97. The molecule has 0 aliphatic carbocycles. The van der Waals surface area contributed by atoms with Gasteiger partial charge in [0.25, 0.3) is 0 Å².